The van der Waals surface area contributed by atoms with Gasteiger partial charge in [-0.05, 0) is 70.6 Å². The van der Waals surface area contributed by atoms with Crippen LogP contribution < -0.4 is 9.47 Å². The molecular weight excluding hydrogens is 700 g/mol. The molecule has 2 atom stereocenters. The highest BCUT2D eigenvalue weighted by Crippen LogP contribution is 2.37. The molecule has 0 aliphatic carbocycles. The summed E-state index contributed by atoms with van der Waals surface area (Å²) in [5, 5.41) is 10.5. The number of aromatic nitrogens is 4. The molecule has 238 valence electrons. The van der Waals surface area contributed by atoms with E-state index in [2.05, 4.69) is 92.5 Å². The van der Waals surface area contributed by atoms with Crippen LogP contribution in [0.25, 0.3) is 34.2 Å². The predicted octanol–water partition coefficient (Wildman–Crippen LogP) is 5.54. The number of halogens is 1. The number of likely N-dealkylation sites (N-methyl/N-ethyl adjacent to an activating group) is 1. The Bertz CT molecular complexity index is 1690. The maximum absolute atomic E-state index is 13.4. The second-order valence-corrected chi connectivity index (χ2v) is 13.5. The Morgan fingerprint density at radius 1 is 1.00 bits per heavy atom. The highest BCUT2D eigenvalue weighted by Gasteiger charge is 2.34. The van der Waals surface area contributed by atoms with Crippen molar-refractivity contribution in [3.8, 4) is 22.8 Å². The van der Waals surface area contributed by atoms with Gasteiger partial charge in [0.25, 0.3) is 5.91 Å². The highest BCUT2D eigenvalue weighted by molar-refractivity contribution is 14.2. The quantitative estimate of drug-likeness (QED) is 0.202. The molecule has 3 aliphatic rings. The molecule has 10 nitrogen and oxygen atoms in total. The van der Waals surface area contributed by atoms with Gasteiger partial charge in [0.15, 0.2) is 6.10 Å². The summed E-state index contributed by atoms with van der Waals surface area (Å²) in [6.07, 6.45) is 6.56. The van der Waals surface area contributed by atoms with E-state index in [4.69, 9.17) is 14.6 Å². The number of carbonyl (C=O) groups excluding carboxylic acids is 1. The molecule has 2 saturated heterocycles. The molecule has 7 rings (SSSR count). The minimum Gasteiger partial charge on any atom is -0.480 e. The fourth-order valence-corrected chi connectivity index (χ4v) is 7.62. The van der Waals surface area contributed by atoms with E-state index in [0.717, 1.165) is 71.8 Å². The number of rotatable bonds is 3. The van der Waals surface area contributed by atoms with Crippen molar-refractivity contribution in [2.45, 2.75) is 32.9 Å². The van der Waals surface area contributed by atoms with Gasteiger partial charge in [0.2, 0.25) is 5.88 Å². The number of carbonyl (C=O) groups is 1. The second kappa shape index (κ2) is 14.2. The fourth-order valence-electron chi connectivity index (χ4n) is 6.09. The number of nitrogens with zero attached hydrogens (tertiary/aromatic N) is 7. The van der Waals surface area contributed by atoms with E-state index in [1.54, 1.807) is 4.68 Å². The average Bonchev–Trinajstić information content (AvgIpc) is 3.73. The van der Waals surface area contributed by atoms with Gasteiger partial charge >= 0.3 is 0 Å². The smallest absolute Gasteiger partial charge is 0.263 e. The molecule has 5 heterocycles. The number of ether oxygens (including phenoxy) is 2. The normalized spacial score (nSPS) is 20.0. The van der Waals surface area contributed by atoms with Crippen molar-refractivity contribution in [3.05, 3.63) is 59.4 Å². The van der Waals surface area contributed by atoms with Crippen LogP contribution in [0.15, 0.2) is 42.6 Å². The molecule has 4 bridgehead atoms. The number of fused-ring (bicyclic) bond motifs is 6. The maximum Gasteiger partial charge on any atom is 0.263 e. The third kappa shape index (κ3) is 6.77. The van der Waals surface area contributed by atoms with Crippen LogP contribution in [0.4, 0.5) is 0 Å². The van der Waals surface area contributed by atoms with E-state index in [1.807, 2.05) is 36.4 Å². The first-order chi connectivity index (χ1) is 22.0. The molecule has 0 radical (unpaired) electrons. The molecule has 2 unspecified atom stereocenters. The molecule has 12 heteroatoms. The summed E-state index contributed by atoms with van der Waals surface area (Å²) in [6.45, 7) is 10.6. The van der Waals surface area contributed by atoms with Crippen LogP contribution in [-0.4, -0.2) is 99.0 Å². The molecule has 1 amide bonds. The van der Waals surface area contributed by atoms with Gasteiger partial charge in [0.05, 0.1) is 35.9 Å². The Morgan fingerprint density at radius 3 is 2.62 bits per heavy atom. The summed E-state index contributed by atoms with van der Waals surface area (Å²) in [6, 6.07) is 12.8. The summed E-state index contributed by atoms with van der Waals surface area (Å²) in [4.78, 5) is 20.1. The van der Waals surface area contributed by atoms with Crippen LogP contribution in [0.1, 0.15) is 37.1 Å². The van der Waals surface area contributed by atoms with Gasteiger partial charge in [0.1, 0.15) is 12.4 Å². The van der Waals surface area contributed by atoms with Crippen molar-refractivity contribution in [2.24, 2.45) is 7.05 Å². The lowest BCUT2D eigenvalue weighted by atomic mass is 10.0. The Balaban J connectivity index is 0.00000175. The van der Waals surface area contributed by atoms with Gasteiger partial charge in [-0.3, -0.25) is 9.69 Å². The lowest BCUT2D eigenvalue weighted by molar-refractivity contribution is -0.133. The zero-order valence-corrected chi connectivity index (χ0v) is 29.5. The van der Waals surface area contributed by atoms with Crippen molar-refractivity contribution in [2.75, 3.05) is 52.9 Å². The summed E-state index contributed by atoms with van der Waals surface area (Å²) in [5.41, 5.74) is 6.02. The number of piperazine rings is 1. The minimum absolute atomic E-state index is 0.00712. The summed E-state index contributed by atoms with van der Waals surface area (Å²) in [5.74, 6) is 1.43. The van der Waals surface area contributed by atoms with Crippen molar-refractivity contribution in [1.82, 2.24) is 34.0 Å². The zero-order valence-electron chi connectivity index (χ0n) is 26.4. The Kier molecular flexibility index (Phi) is 10.1. The van der Waals surface area contributed by atoms with Crippen molar-refractivity contribution >= 4 is 57.4 Å². The van der Waals surface area contributed by atoms with Crippen molar-refractivity contribution in [1.29, 1.82) is 0 Å². The van der Waals surface area contributed by atoms with Crippen LogP contribution in [-0.2, 0) is 18.4 Å². The van der Waals surface area contributed by atoms with Gasteiger partial charge < -0.3 is 19.3 Å². The number of aryl methyl sites for hydroxylation is 1. The van der Waals surface area contributed by atoms with Crippen molar-refractivity contribution < 1.29 is 14.3 Å². The van der Waals surface area contributed by atoms with E-state index in [-0.39, 0.29) is 5.91 Å². The molecular formula is C33H41IN7O3P. The highest BCUT2D eigenvalue weighted by atomic mass is 127. The summed E-state index contributed by atoms with van der Waals surface area (Å²) < 4.78 is 16.6. The van der Waals surface area contributed by atoms with E-state index in [0.29, 0.717) is 38.4 Å². The molecule has 2 aromatic heterocycles. The number of amides is 1. The topological polar surface area (TPSA) is 80.9 Å². The first-order valence-electron chi connectivity index (χ1n) is 15.7. The largest absolute Gasteiger partial charge is 0.480 e. The average molecular weight is 742 g/mol. The summed E-state index contributed by atoms with van der Waals surface area (Å²) >= 11 is 2.37. The molecule has 0 N–H and O–H groups in total. The molecule has 3 aliphatic heterocycles. The van der Waals surface area contributed by atoms with Gasteiger partial charge in [-0.15, -0.1) is 0 Å². The Hall–Kier alpha value is -2.99. The molecule has 4 aromatic rings. The lowest BCUT2D eigenvalue weighted by Crippen LogP contribution is -2.43. The van der Waals surface area contributed by atoms with E-state index in [1.165, 1.54) is 5.56 Å². The van der Waals surface area contributed by atoms with E-state index in [9.17, 15) is 4.79 Å². The fraction of sp³-hybridized carbons (Fsp3) is 0.424. The maximum atomic E-state index is 13.4. The van der Waals surface area contributed by atoms with Crippen LogP contribution in [0.3, 0.4) is 0 Å². The van der Waals surface area contributed by atoms with Gasteiger partial charge in [-0.2, -0.15) is 10.2 Å². The predicted molar refractivity (Wildman–Crippen MR) is 190 cm³/mol. The number of benzene rings is 2. The number of hydrogen-bond donors (Lipinski definition) is 0. The molecule has 0 spiro atoms. The first kappa shape index (κ1) is 32.0. The lowest BCUT2D eigenvalue weighted by Gasteiger charge is -2.32. The SMILES string of the molecule is CC.CN1CCN(Cc2ccc3c(c2)OC2CCN(CCOc4c(cnn4C)-c4ccc5c(c4)c(nn5PI)/C=C/3)C2=O)CC1. The first-order valence-corrected chi connectivity index (χ1v) is 19.7. The Morgan fingerprint density at radius 2 is 1.82 bits per heavy atom. The molecule has 0 saturated carbocycles. The monoisotopic (exact) mass is 741 g/mol. The standard InChI is InChI=1S/C31H35IN7O3P.C2H6/c1-35-11-13-37(14-12-35)20-21-3-4-22-5-7-26-24-18-23(6-8-27(24)39(34-26)43-32)25-19-33-36(2)31(25)41-16-15-38-10-9-28(30(38)40)42-29(22)17-21;1-2/h3-8,17-19,28,43H,9-16,20H2,1-2H3;1-2H3/b7-5+;. The number of hydrogen-bond acceptors (Lipinski definition) is 7. The van der Waals surface area contributed by atoms with Crippen LogP contribution in [0.5, 0.6) is 11.6 Å². The van der Waals surface area contributed by atoms with Crippen LogP contribution >= 0.6 is 28.4 Å². The third-order valence-corrected chi connectivity index (χ3v) is 10.5. The van der Waals surface area contributed by atoms with Crippen LogP contribution in [0.2, 0.25) is 0 Å². The molecule has 2 fully saturated rings. The van der Waals surface area contributed by atoms with E-state index < -0.39 is 6.10 Å². The second-order valence-electron chi connectivity index (χ2n) is 11.5. The minimum atomic E-state index is -0.518. The third-order valence-electron chi connectivity index (χ3n) is 8.60. The summed E-state index contributed by atoms with van der Waals surface area (Å²) in [7, 11) is 4.05. The van der Waals surface area contributed by atoms with Gasteiger partial charge in [0, 0.05) is 63.7 Å². The van der Waals surface area contributed by atoms with E-state index >= 15 is 0 Å². The van der Waals surface area contributed by atoms with Crippen molar-refractivity contribution in [3.63, 3.8) is 0 Å². The Labute approximate surface area is 279 Å². The molecule has 45 heavy (non-hydrogen) atoms. The molecule has 2 aromatic carbocycles. The van der Waals surface area contributed by atoms with Gasteiger partial charge in [-0.1, -0.05) is 32.0 Å². The van der Waals surface area contributed by atoms with Crippen LogP contribution in [0, 0.1) is 0 Å². The zero-order chi connectivity index (χ0) is 31.5. The van der Waals surface area contributed by atoms with Gasteiger partial charge in [-0.25, -0.2) is 9.13 Å².